The Kier molecular flexibility index (Phi) is 2.92. The lowest BCUT2D eigenvalue weighted by Gasteiger charge is -2.33. The molecule has 1 aromatic rings. The molecule has 0 unspecified atom stereocenters. The predicted octanol–water partition coefficient (Wildman–Crippen LogP) is 3.48. The quantitative estimate of drug-likeness (QED) is 0.898. The maximum Gasteiger partial charge on any atom is 0.314 e. The second-order valence-corrected chi connectivity index (χ2v) is 6.21. The second kappa shape index (κ2) is 4.40. The van der Waals surface area contributed by atoms with Crippen LogP contribution in [0, 0.1) is 0 Å². The fourth-order valence-corrected chi connectivity index (χ4v) is 3.30. The predicted molar refractivity (Wildman–Crippen MR) is 74.2 cm³/mol. The maximum absolute atomic E-state index is 11.8. The Morgan fingerprint density at radius 3 is 2.40 bits per heavy atom. The lowest BCUT2D eigenvalue weighted by Crippen LogP contribution is -2.37. The molecule has 1 N–H and O–H groups in total. The number of carboxylic acid groups (broad SMARTS) is 1. The van der Waals surface area contributed by atoms with E-state index in [1.807, 2.05) is 32.0 Å². The Morgan fingerprint density at radius 2 is 1.75 bits per heavy atom. The number of carboxylic acids is 1. The summed E-state index contributed by atoms with van der Waals surface area (Å²) in [5.74, 6) is -0.0618. The summed E-state index contributed by atoms with van der Waals surface area (Å²) >= 11 is 0. The molecule has 4 heteroatoms. The van der Waals surface area contributed by atoms with Crippen LogP contribution >= 0.6 is 0 Å². The number of hydrogen-bond donors (Lipinski definition) is 1. The van der Waals surface area contributed by atoms with E-state index in [1.165, 1.54) is 0 Å². The molecule has 1 aromatic carbocycles. The molecule has 1 fully saturated rings. The van der Waals surface area contributed by atoms with Gasteiger partial charge >= 0.3 is 5.97 Å². The highest BCUT2D eigenvalue weighted by atomic mass is 16.7. The summed E-state index contributed by atoms with van der Waals surface area (Å²) in [4.78, 5) is 11.8. The van der Waals surface area contributed by atoms with Gasteiger partial charge in [0.1, 0.15) is 0 Å². The van der Waals surface area contributed by atoms with Crippen LogP contribution in [0.25, 0.3) is 0 Å². The Morgan fingerprint density at radius 1 is 1.10 bits per heavy atom. The van der Waals surface area contributed by atoms with Crippen LogP contribution in [0.2, 0.25) is 0 Å². The third-order valence-electron chi connectivity index (χ3n) is 4.32. The van der Waals surface area contributed by atoms with E-state index in [4.69, 9.17) is 9.47 Å². The van der Waals surface area contributed by atoms with Crippen molar-refractivity contribution < 1.29 is 19.4 Å². The van der Waals surface area contributed by atoms with Gasteiger partial charge in [-0.05, 0) is 30.5 Å². The topological polar surface area (TPSA) is 55.8 Å². The van der Waals surface area contributed by atoms with Gasteiger partial charge in [-0.25, -0.2) is 0 Å². The molecule has 1 aliphatic carbocycles. The summed E-state index contributed by atoms with van der Waals surface area (Å²) in [6.07, 6.45) is 4.45. The molecular formula is C16H20O4. The van der Waals surface area contributed by atoms with E-state index < -0.39 is 17.2 Å². The first kappa shape index (κ1) is 13.3. The van der Waals surface area contributed by atoms with Gasteiger partial charge in [0.25, 0.3) is 0 Å². The fourth-order valence-electron chi connectivity index (χ4n) is 3.30. The van der Waals surface area contributed by atoms with E-state index in [2.05, 4.69) is 0 Å². The zero-order valence-corrected chi connectivity index (χ0v) is 11.9. The first-order valence-electron chi connectivity index (χ1n) is 7.19. The molecule has 1 saturated carbocycles. The number of ether oxygens (including phenoxy) is 2. The van der Waals surface area contributed by atoms with E-state index in [0.717, 1.165) is 24.8 Å². The number of carbonyl (C=O) groups is 1. The molecule has 0 spiro atoms. The van der Waals surface area contributed by atoms with Crippen molar-refractivity contribution in [3.63, 3.8) is 0 Å². The Balaban J connectivity index is 2.00. The van der Waals surface area contributed by atoms with Crippen molar-refractivity contribution in [2.24, 2.45) is 0 Å². The molecule has 0 radical (unpaired) electrons. The molecule has 0 bridgehead atoms. The highest BCUT2D eigenvalue weighted by Gasteiger charge is 2.42. The Hall–Kier alpha value is -1.71. The third-order valence-corrected chi connectivity index (χ3v) is 4.32. The van der Waals surface area contributed by atoms with Gasteiger partial charge in [-0.2, -0.15) is 0 Å². The van der Waals surface area contributed by atoms with Gasteiger partial charge in [-0.3, -0.25) is 4.79 Å². The SMILES string of the molecule is CC1(C)Oc2ccc(C3(C(=O)O)CCCCC3)cc2O1. The lowest BCUT2D eigenvalue weighted by molar-refractivity contribution is -0.145. The molecule has 4 nitrogen and oxygen atoms in total. The summed E-state index contributed by atoms with van der Waals surface area (Å²) in [5.41, 5.74) is 0.0772. The summed E-state index contributed by atoms with van der Waals surface area (Å²) in [6.45, 7) is 3.69. The van der Waals surface area contributed by atoms with Crippen LogP contribution < -0.4 is 9.47 Å². The number of benzene rings is 1. The molecule has 2 aliphatic rings. The normalized spacial score (nSPS) is 22.5. The van der Waals surface area contributed by atoms with Crippen molar-refractivity contribution in [1.29, 1.82) is 0 Å². The second-order valence-electron chi connectivity index (χ2n) is 6.21. The average Bonchev–Trinajstić information content (AvgIpc) is 2.72. The van der Waals surface area contributed by atoms with E-state index in [1.54, 1.807) is 0 Å². The molecule has 0 amide bonds. The number of fused-ring (bicyclic) bond motifs is 1. The van der Waals surface area contributed by atoms with E-state index in [-0.39, 0.29) is 0 Å². The molecule has 1 heterocycles. The average molecular weight is 276 g/mol. The highest BCUT2D eigenvalue weighted by Crippen LogP contribution is 2.45. The zero-order chi connectivity index (χ0) is 14.4. The van der Waals surface area contributed by atoms with E-state index >= 15 is 0 Å². The van der Waals surface area contributed by atoms with Gasteiger partial charge in [-0.15, -0.1) is 0 Å². The van der Waals surface area contributed by atoms with Gasteiger partial charge < -0.3 is 14.6 Å². The van der Waals surface area contributed by atoms with Gasteiger partial charge in [0, 0.05) is 13.8 Å². The first-order valence-corrected chi connectivity index (χ1v) is 7.19. The van der Waals surface area contributed by atoms with Crippen LogP contribution in [0.15, 0.2) is 18.2 Å². The molecule has 20 heavy (non-hydrogen) atoms. The Bertz CT molecular complexity index is 541. The minimum atomic E-state index is -0.761. The van der Waals surface area contributed by atoms with Crippen molar-refractivity contribution in [2.75, 3.05) is 0 Å². The fraction of sp³-hybridized carbons (Fsp3) is 0.562. The van der Waals surface area contributed by atoms with Gasteiger partial charge in [-0.1, -0.05) is 25.3 Å². The summed E-state index contributed by atoms with van der Waals surface area (Å²) in [7, 11) is 0. The molecular weight excluding hydrogens is 256 g/mol. The van der Waals surface area contributed by atoms with Crippen LogP contribution in [0.3, 0.4) is 0 Å². The molecule has 1 aliphatic heterocycles. The molecule has 0 aromatic heterocycles. The van der Waals surface area contributed by atoms with Crippen LogP contribution in [0.1, 0.15) is 51.5 Å². The summed E-state index contributed by atoms with van der Waals surface area (Å²) in [6, 6.07) is 5.56. The first-order chi connectivity index (χ1) is 9.43. The van der Waals surface area contributed by atoms with Crippen LogP contribution in [0.5, 0.6) is 11.5 Å². The summed E-state index contributed by atoms with van der Waals surface area (Å²) < 4.78 is 11.4. The number of aliphatic carboxylic acids is 1. The minimum absolute atomic E-state index is 0.652. The van der Waals surface area contributed by atoms with Crippen LogP contribution in [0.4, 0.5) is 0 Å². The van der Waals surface area contributed by atoms with Crippen molar-refractivity contribution in [3.8, 4) is 11.5 Å². The molecule has 3 rings (SSSR count). The lowest BCUT2D eigenvalue weighted by atomic mass is 9.69. The van der Waals surface area contributed by atoms with Gasteiger partial charge in [0.2, 0.25) is 5.79 Å². The number of rotatable bonds is 2. The van der Waals surface area contributed by atoms with Crippen molar-refractivity contribution >= 4 is 5.97 Å². The molecule has 0 saturated heterocycles. The standard InChI is InChI=1S/C16H20O4/c1-15(2)19-12-7-6-11(10-13(12)20-15)16(14(17)18)8-4-3-5-9-16/h6-7,10H,3-5,8-9H2,1-2H3,(H,17,18). The van der Waals surface area contributed by atoms with Crippen LogP contribution in [-0.4, -0.2) is 16.9 Å². The Labute approximate surface area is 118 Å². The largest absolute Gasteiger partial charge is 0.481 e. The highest BCUT2D eigenvalue weighted by molar-refractivity contribution is 5.82. The minimum Gasteiger partial charge on any atom is -0.481 e. The van der Waals surface area contributed by atoms with E-state index in [0.29, 0.717) is 24.3 Å². The molecule has 108 valence electrons. The van der Waals surface area contributed by atoms with E-state index in [9.17, 15) is 9.90 Å². The van der Waals surface area contributed by atoms with Crippen molar-refractivity contribution in [2.45, 2.75) is 57.2 Å². The summed E-state index contributed by atoms with van der Waals surface area (Å²) in [5, 5.41) is 9.72. The monoisotopic (exact) mass is 276 g/mol. The maximum atomic E-state index is 11.8. The smallest absolute Gasteiger partial charge is 0.314 e. The van der Waals surface area contributed by atoms with Gasteiger partial charge in [0.15, 0.2) is 11.5 Å². The zero-order valence-electron chi connectivity index (χ0n) is 11.9. The van der Waals surface area contributed by atoms with Crippen LogP contribution in [-0.2, 0) is 10.2 Å². The van der Waals surface area contributed by atoms with Crippen molar-refractivity contribution in [1.82, 2.24) is 0 Å². The number of hydrogen-bond acceptors (Lipinski definition) is 3. The molecule has 0 atom stereocenters. The van der Waals surface area contributed by atoms with Gasteiger partial charge in [0.05, 0.1) is 5.41 Å². The third kappa shape index (κ3) is 2.03. The van der Waals surface area contributed by atoms with Crippen molar-refractivity contribution in [3.05, 3.63) is 23.8 Å².